The molecule has 0 aromatic heterocycles. The molecule has 1 aromatic carbocycles. The number of rotatable bonds is 2. The average Bonchev–Trinajstić information content (AvgIpc) is 2.19. The van der Waals surface area contributed by atoms with E-state index >= 15 is 0 Å². The van der Waals surface area contributed by atoms with Crippen LogP contribution in [-0.2, 0) is 6.42 Å². The van der Waals surface area contributed by atoms with E-state index in [1.54, 1.807) is 0 Å². The van der Waals surface area contributed by atoms with Gasteiger partial charge in [-0.25, -0.2) is 9.69 Å². The number of aryl methyl sites for hydroxylation is 2. The highest BCUT2D eigenvalue weighted by Crippen LogP contribution is 2.25. The maximum atomic E-state index is 11.3. The highest BCUT2D eigenvalue weighted by molar-refractivity contribution is 6.14. The first-order chi connectivity index (χ1) is 7.49. The van der Waals surface area contributed by atoms with E-state index in [2.05, 4.69) is 0 Å². The number of urea groups is 1. The highest BCUT2D eigenvalue weighted by atomic mass is 16.2. The predicted octanol–water partition coefficient (Wildman–Crippen LogP) is 1.34. The van der Waals surface area contributed by atoms with E-state index in [4.69, 9.17) is 16.9 Å². The second-order valence-corrected chi connectivity index (χ2v) is 3.50. The molecule has 0 bridgehead atoms. The fourth-order valence-corrected chi connectivity index (χ4v) is 1.67. The summed E-state index contributed by atoms with van der Waals surface area (Å²) >= 11 is 0. The lowest BCUT2D eigenvalue weighted by atomic mass is 10.0. The summed E-state index contributed by atoms with van der Waals surface area (Å²) in [5, 5.41) is 7.39. The number of para-hydroxylation sites is 1. The fraction of sp³-hybridized carbons (Fsp3) is 0.273. The Morgan fingerprint density at radius 3 is 2.50 bits per heavy atom. The minimum Gasteiger partial charge on any atom is -0.369 e. The van der Waals surface area contributed by atoms with Gasteiger partial charge in [-0.2, -0.15) is 0 Å². The van der Waals surface area contributed by atoms with Crippen LogP contribution in [-0.4, -0.2) is 12.0 Å². The number of nitrogens with one attached hydrogen (secondary N) is 1. The summed E-state index contributed by atoms with van der Waals surface area (Å²) in [6.45, 7) is 3.82. The van der Waals surface area contributed by atoms with Crippen LogP contribution in [0.4, 0.5) is 10.5 Å². The molecular formula is C11H16N4O. The van der Waals surface area contributed by atoms with Crippen LogP contribution in [0, 0.1) is 12.3 Å². The summed E-state index contributed by atoms with van der Waals surface area (Å²) in [7, 11) is 0. The molecule has 0 saturated heterocycles. The third-order valence-electron chi connectivity index (χ3n) is 2.39. The Morgan fingerprint density at radius 2 is 2.06 bits per heavy atom. The van der Waals surface area contributed by atoms with Gasteiger partial charge in [0.25, 0.3) is 0 Å². The zero-order valence-corrected chi connectivity index (χ0v) is 9.45. The van der Waals surface area contributed by atoms with E-state index in [1.807, 2.05) is 32.0 Å². The first kappa shape index (κ1) is 12.0. The molecule has 5 nitrogen and oxygen atoms in total. The molecule has 1 rings (SSSR count). The summed E-state index contributed by atoms with van der Waals surface area (Å²) in [4.78, 5) is 12.3. The molecule has 86 valence electrons. The van der Waals surface area contributed by atoms with Gasteiger partial charge < -0.3 is 11.5 Å². The van der Waals surface area contributed by atoms with Crippen molar-refractivity contribution in [1.29, 1.82) is 5.41 Å². The Morgan fingerprint density at radius 1 is 1.44 bits per heavy atom. The molecule has 1 aromatic rings. The van der Waals surface area contributed by atoms with Crippen molar-refractivity contribution in [2.24, 2.45) is 11.5 Å². The maximum absolute atomic E-state index is 11.3. The number of hydrogen-bond donors (Lipinski definition) is 3. The molecule has 0 aliphatic rings. The second kappa shape index (κ2) is 4.65. The Kier molecular flexibility index (Phi) is 3.50. The van der Waals surface area contributed by atoms with E-state index in [9.17, 15) is 4.79 Å². The van der Waals surface area contributed by atoms with Crippen LogP contribution in [0.15, 0.2) is 18.2 Å². The van der Waals surface area contributed by atoms with Gasteiger partial charge in [0.05, 0.1) is 5.69 Å². The van der Waals surface area contributed by atoms with Crippen LogP contribution in [0.25, 0.3) is 0 Å². The normalized spacial score (nSPS) is 9.88. The van der Waals surface area contributed by atoms with Crippen molar-refractivity contribution in [3.05, 3.63) is 29.3 Å². The topological polar surface area (TPSA) is 96.2 Å². The van der Waals surface area contributed by atoms with Crippen molar-refractivity contribution < 1.29 is 4.79 Å². The van der Waals surface area contributed by atoms with Crippen molar-refractivity contribution in [3.8, 4) is 0 Å². The van der Waals surface area contributed by atoms with Crippen molar-refractivity contribution in [1.82, 2.24) is 0 Å². The zero-order chi connectivity index (χ0) is 12.3. The Balaban J connectivity index is 3.38. The lowest BCUT2D eigenvalue weighted by Crippen LogP contribution is -2.45. The number of amides is 2. The Bertz CT molecular complexity index is 414. The van der Waals surface area contributed by atoms with Crippen LogP contribution in [0.1, 0.15) is 18.1 Å². The minimum absolute atomic E-state index is 0.364. The van der Waals surface area contributed by atoms with Gasteiger partial charge in [0, 0.05) is 0 Å². The molecule has 5 heteroatoms. The monoisotopic (exact) mass is 220 g/mol. The number of primary amides is 1. The summed E-state index contributed by atoms with van der Waals surface area (Å²) < 4.78 is 0. The van der Waals surface area contributed by atoms with E-state index in [0.717, 1.165) is 22.4 Å². The molecule has 0 atom stereocenters. The van der Waals surface area contributed by atoms with E-state index < -0.39 is 6.03 Å². The molecule has 0 spiro atoms. The van der Waals surface area contributed by atoms with Crippen molar-refractivity contribution in [3.63, 3.8) is 0 Å². The third kappa shape index (κ3) is 2.13. The first-order valence-corrected chi connectivity index (χ1v) is 5.01. The second-order valence-electron chi connectivity index (χ2n) is 3.50. The zero-order valence-electron chi connectivity index (χ0n) is 9.45. The number of carbonyl (C=O) groups is 1. The molecule has 2 amide bonds. The van der Waals surface area contributed by atoms with Crippen LogP contribution < -0.4 is 16.4 Å². The number of anilines is 1. The van der Waals surface area contributed by atoms with E-state index in [1.165, 1.54) is 0 Å². The van der Waals surface area contributed by atoms with Crippen LogP contribution in [0.5, 0.6) is 0 Å². The first-order valence-electron chi connectivity index (χ1n) is 5.01. The van der Waals surface area contributed by atoms with Crippen molar-refractivity contribution >= 4 is 17.7 Å². The third-order valence-corrected chi connectivity index (χ3v) is 2.39. The summed E-state index contributed by atoms with van der Waals surface area (Å²) in [6, 6.07) is 4.91. The van der Waals surface area contributed by atoms with Crippen molar-refractivity contribution in [2.45, 2.75) is 20.3 Å². The van der Waals surface area contributed by atoms with Crippen LogP contribution in [0.2, 0.25) is 0 Å². The lowest BCUT2D eigenvalue weighted by Gasteiger charge is -2.23. The standard InChI is InChI=1S/C11H16N4O/c1-3-8-6-4-5-7(2)9(8)15(10(12)13)11(14)16/h4-6H,3H2,1-2H3,(H3,12,13)(H2,14,16). The molecule has 0 radical (unpaired) electrons. The largest absolute Gasteiger partial charge is 0.369 e. The maximum Gasteiger partial charge on any atom is 0.326 e. The molecule has 0 heterocycles. The van der Waals surface area contributed by atoms with Gasteiger partial charge in [0.2, 0.25) is 5.96 Å². The van der Waals surface area contributed by atoms with Gasteiger partial charge in [-0.3, -0.25) is 5.41 Å². The number of nitrogens with two attached hydrogens (primary N) is 2. The van der Waals surface area contributed by atoms with Gasteiger partial charge in [0.1, 0.15) is 0 Å². The number of hydrogen-bond acceptors (Lipinski definition) is 2. The van der Waals surface area contributed by atoms with Crippen molar-refractivity contribution in [2.75, 3.05) is 4.90 Å². The van der Waals surface area contributed by atoms with Gasteiger partial charge >= 0.3 is 6.03 Å². The SMILES string of the molecule is CCc1cccc(C)c1N(C(=N)N)C(N)=O. The number of carbonyl (C=O) groups excluding carboxylic acids is 1. The van der Waals surface area contributed by atoms with E-state index in [0.29, 0.717) is 5.69 Å². The number of guanidine groups is 1. The fourth-order valence-electron chi connectivity index (χ4n) is 1.67. The molecule has 5 N–H and O–H groups in total. The molecule has 16 heavy (non-hydrogen) atoms. The predicted molar refractivity (Wildman–Crippen MR) is 64.5 cm³/mol. The Hall–Kier alpha value is -2.04. The van der Waals surface area contributed by atoms with Gasteiger partial charge in [-0.15, -0.1) is 0 Å². The Labute approximate surface area is 94.5 Å². The van der Waals surface area contributed by atoms with E-state index in [-0.39, 0.29) is 5.96 Å². The molecule has 0 unspecified atom stereocenters. The molecule has 0 aliphatic heterocycles. The molecular weight excluding hydrogens is 204 g/mol. The molecule has 0 saturated carbocycles. The average molecular weight is 220 g/mol. The minimum atomic E-state index is -0.739. The van der Waals surface area contributed by atoms with Crippen LogP contribution in [0.3, 0.4) is 0 Å². The summed E-state index contributed by atoms with van der Waals surface area (Å²) in [5.74, 6) is -0.364. The number of benzene rings is 1. The molecule has 0 aliphatic carbocycles. The van der Waals surface area contributed by atoms with Gasteiger partial charge in [0.15, 0.2) is 0 Å². The van der Waals surface area contributed by atoms with Gasteiger partial charge in [-0.1, -0.05) is 25.1 Å². The lowest BCUT2D eigenvalue weighted by molar-refractivity contribution is 0.256. The summed E-state index contributed by atoms with van der Waals surface area (Å²) in [5.41, 5.74) is 13.0. The smallest absolute Gasteiger partial charge is 0.326 e. The quantitative estimate of drug-likeness (QED) is 0.518. The van der Waals surface area contributed by atoms with Crippen LogP contribution >= 0.6 is 0 Å². The van der Waals surface area contributed by atoms with Gasteiger partial charge in [-0.05, 0) is 24.5 Å². The molecule has 0 fully saturated rings. The number of nitrogens with zero attached hydrogens (tertiary/aromatic N) is 1. The summed E-state index contributed by atoms with van der Waals surface area (Å²) in [6.07, 6.45) is 0.744. The highest BCUT2D eigenvalue weighted by Gasteiger charge is 2.20.